The molecule has 1 saturated heterocycles. The summed E-state index contributed by atoms with van der Waals surface area (Å²) in [4.78, 5) is 28.5. The molecule has 0 aromatic heterocycles. The number of rotatable bonds is 9. The highest BCUT2D eigenvalue weighted by atomic mass is 16.5. The molecule has 7 heteroatoms. The van der Waals surface area contributed by atoms with Crippen LogP contribution in [0.1, 0.15) is 12.5 Å². The summed E-state index contributed by atoms with van der Waals surface area (Å²) in [5.74, 6) is 0.0590. The van der Waals surface area contributed by atoms with Gasteiger partial charge < -0.3 is 15.4 Å². The Morgan fingerprint density at radius 3 is 2.46 bits per heavy atom. The fraction of sp³-hybridized carbons (Fsp3) is 0.579. The molecule has 2 rings (SSSR count). The van der Waals surface area contributed by atoms with Gasteiger partial charge in [0.15, 0.2) is 0 Å². The van der Waals surface area contributed by atoms with E-state index in [2.05, 4.69) is 20.4 Å². The monoisotopic (exact) mass is 362 g/mol. The number of ether oxygens (including phenoxy) is 1. The van der Waals surface area contributed by atoms with Gasteiger partial charge in [0.1, 0.15) is 0 Å². The average Bonchev–Trinajstić information content (AvgIpc) is 2.67. The lowest BCUT2D eigenvalue weighted by molar-refractivity contribution is -0.128. The van der Waals surface area contributed by atoms with Crippen LogP contribution in [0.5, 0.6) is 0 Å². The van der Waals surface area contributed by atoms with Crippen LogP contribution in [0.3, 0.4) is 0 Å². The van der Waals surface area contributed by atoms with E-state index in [4.69, 9.17) is 4.74 Å². The molecule has 1 aliphatic rings. The Morgan fingerprint density at radius 1 is 1.12 bits per heavy atom. The van der Waals surface area contributed by atoms with Gasteiger partial charge in [-0.05, 0) is 12.5 Å². The van der Waals surface area contributed by atoms with Crippen LogP contribution < -0.4 is 10.6 Å². The number of carbonyl (C=O) groups is 2. The van der Waals surface area contributed by atoms with Crippen molar-refractivity contribution in [1.29, 1.82) is 0 Å². The Balaban J connectivity index is 1.67. The van der Waals surface area contributed by atoms with Crippen molar-refractivity contribution in [2.24, 2.45) is 0 Å². The lowest BCUT2D eigenvalue weighted by Crippen LogP contribution is -2.55. The number of benzene rings is 1. The Bertz CT molecular complexity index is 559. The second-order valence-corrected chi connectivity index (χ2v) is 6.53. The summed E-state index contributed by atoms with van der Waals surface area (Å²) in [6.07, 6.45) is 0. The van der Waals surface area contributed by atoms with Crippen molar-refractivity contribution in [2.45, 2.75) is 19.5 Å². The minimum Gasteiger partial charge on any atom is -0.383 e. The first-order valence-electron chi connectivity index (χ1n) is 9.14. The van der Waals surface area contributed by atoms with E-state index < -0.39 is 0 Å². The van der Waals surface area contributed by atoms with Gasteiger partial charge in [-0.2, -0.15) is 0 Å². The van der Waals surface area contributed by atoms with Gasteiger partial charge in [0, 0.05) is 46.4 Å². The van der Waals surface area contributed by atoms with E-state index in [1.807, 2.05) is 37.3 Å². The molecule has 0 saturated carbocycles. The quantitative estimate of drug-likeness (QED) is 0.608. The van der Waals surface area contributed by atoms with Crippen molar-refractivity contribution >= 4 is 11.8 Å². The first kappa shape index (κ1) is 20.4. The predicted molar refractivity (Wildman–Crippen MR) is 101 cm³/mol. The third kappa shape index (κ3) is 6.74. The van der Waals surface area contributed by atoms with Crippen LogP contribution in [-0.2, 0) is 20.9 Å². The van der Waals surface area contributed by atoms with Crippen molar-refractivity contribution < 1.29 is 14.3 Å². The number of hydrogen-bond donors (Lipinski definition) is 2. The van der Waals surface area contributed by atoms with Crippen molar-refractivity contribution in [3.05, 3.63) is 35.9 Å². The fourth-order valence-electron chi connectivity index (χ4n) is 2.96. The number of carbonyl (C=O) groups excluding carboxylic acids is 2. The molecule has 1 atom stereocenters. The molecule has 144 valence electrons. The minimum atomic E-state index is -0.170. The molecular formula is C19H30N4O3. The van der Waals surface area contributed by atoms with Crippen LogP contribution >= 0.6 is 0 Å². The summed E-state index contributed by atoms with van der Waals surface area (Å²) >= 11 is 0. The molecule has 1 aliphatic heterocycles. The van der Waals surface area contributed by atoms with Crippen molar-refractivity contribution in [2.75, 3.05) is 53.0 Å². The lowest BCUT2D eigenvalue weighted by atomic mass is 10.2. The maximum Gasteiger partial charge on any atom is 0.237 e. The van der Waals surface area contributed by atoms with Gasteiger partial charge in [-0.15, -0.1) is 0 Å². The number of hydrogen-bond acceptors (Lipinski definition) is 5. The Hall–Kier alpha value is -1.96. The third-order valence-corrected chi connectivity index (χ3v) is 4.64. The molecule has 1 aromatic carbocycles. The van der Waals surface area contributed by atoms with Gasteiger partial charge in [0.25, 0.3) is 0 Å². The molecule has 2 amide bonds. The van der Waals surface area contributed by atoms with Gasteiger partial charge in [0.2, 0.25) is 11.8 Å². The van der Waals surface area contributed by atoms with E-state index in [1.165, 1.54) is 0 Å². The number of piperazine rings is 1. The van der Waals surface area contributed by atoms with Gasteiger partial charge in [0.05, 0.1) is 19.2 Å². The maximum atomic E-state index is 12.4. The van der Waals surface area contributed by atoms with Gasteiger partial charge >= 0.3 is 0 Å². The van der Waals surface area contributed by atoms with Crippen LogP contribution in [0.2, 0.25) is 0 Å². The lowest BCUT2D eigenvalue weighted by Gasteiger charge is -2.37. The molecule has 0 radical (unpaired) electrons. The molecule has 0 aliphatic carbocycles. The van der Waals surface area contributed by atoms with Gasteiger partial charge in [-0.25, -0.2) is 0 Å². The van der Waals surface area contributed by atoms with Crippen molar-refractivity contribution in [1.82, 2.24) is 20.4 Å². The van der Waals surface area contributed by atoms with E-state index in [1.54, 1.807) is 7.11 Å². The molecule has 1 heterocycles. The normalized spacial score (nSPS) is 16.8. The summed E-state index contributed by atoms with van der Waals surface area (Å²) in [6, 6.07) is 9.73. The molecule has 2 N–H and O–H groups in total. The zero-order valence-electron chi connectivity index (χ0n) is 15.7. The largest absolute Gasteiger partial charge is 0.383 e. The highest BCUT2D eigenvalue weighted by molar-refractivity contribution is 5.81. The molecular weight excluding hydrogens is 332 g/mol. The van der Waals surface area contributed by atoms with Crippen LogP contribution in [0.15, 0.2) is 30.3 Å². The summed E-state index contributed by atoms with van der Waals surface area (Å²) < 4.78 is 4.92. The number of nitrogens with one attached hydrogen (secondary N) is 2. The third-order valence-electron chi connectivity index (χ3n) is 4.64. The Kier molecular flexibility index (Phi) is 8.53. The molecule has 1 unspecified atom stereocenters. The van der Waals surface area contributed by atoms with Crippen LogP contribution in [0, 0.1) is 0 Å². The second kappa shape index (κ2) is 10.9. The predicted octanol–water partition coefficient (Wildman–Crippen LogP) is 0.0715. The maximum absolute atomic E-state index is 12.4. The van der Waals surface area contributed by atoms with E-state index in [-0.39, 0.29) is 17.9 Å². The van der Waals surface area contributed by atoms with Crippen LogP contribution in [0.25, 0.3) is 0 Å². The highest BCUT2D eigenvalue weighted by Gasteiger charge is 2.26. The number of nitrogens with zero attached hydrogens (tertiary/aromatic N) is 2. The zero-order chi connectivity index (χ0) is 18.8. The standard InChI is InChI=1S/C19H30N4O3/c1-16(19(25)21-14-17-6-4-3-5-7-17)23-11-9-22(10-12-23)15-18(24)20-8-13-26-2/h3-7,16H,8-15H2,1-2H3,(H,20,24)(H,21,25). The zero-order valence-corrected chi connectivity index (χ0v) is 15.7. The summed E-state index contributed by atoms with van der Waals surface area (Å²) in [6.45, 7) is 7.08. The number of methoxy groups -OCH3 is 1. The highest BCUT2D eigenvalue weighted by Crippen LogP contribution is 2.07. The number of amides is 2. The van der Waals surface area contributed by atoms with Crippen molar-refractivity contribution in [3.63, 3.8) is 0 Å². The van der Waals surface area contributed by atoms with Crippen molar-refractivity contribution in [3.8, 4) is 0 Å². The second-order valence-electron chi connectivity index (χ2n) is 6.53. The van der Waals surface area contributed by atoms with Crippen LogP contribution in [0.4, 0.5) is 0 Å². The summed E-state index contributed by atoms with van der Waals surface area (Å²) in [5, 5.41) is 5.83. The molecule has 7 nitrogen and oxygen atoms in total. The topological polar surface area (TPSA) is 73.9 Å². The molecule has 1 fully saturated rings. The smallest absolute Gasteiger partial charge is 0.237 e. The Morgan fingerprint density at radius 2 is 1.81 bits per heavy atom. The first-order valence-corrected chi connectivity index (χ1v) is 9.14. The average molecular weight is 362 g/mol. The van der Waals surface area contributed by atoms with E-state index in [0.29, 0.717) is 26.2 Å². The minimum absolute atomic E-state index is 0.0177. The summed E-state index contributed by atoms with van der Waals surface area (Å²) in [5.41, 5.74) is 1.09. The molecule has 1 aromatic rings. The first-order chi connectivity index (χ1) is 12.6. The fourth-order valence-corrected chi connectivity index (χ4v) is 2.96. The van der Waals surface area contributed by atoms with E-state index >= 15 is 0 Å². The van der Waals surface area contributed by atoms with E-state index in [9.17, 15) is 9.59 Å². The van der Waals surface area contributed by atoms with E-state index in [0.717, 1.165) is 31.7 Å². The molecule has 0 bridgehead atoms. The SMILES string of the molecule is COCCNC(=O)CN1CCN(C(C)C(=O)NCc2ccccc2)CC1. The van der Waals surface area contributed by atoms with Gasteiger partial charge in [-0.1, -0.05) is 30.3 Å². The summed E-state index contributed by atoms with van der Waals surface area (Å²) in [7, 11) is 1.61. The molecule has 0 spiro atoms. The van der Waals surface area contributed by atoms with Crippen LogP contribution in [-0.4, -0.2) is 80.6 Å². The Labute approximate surface area is 155 Å². The molecule has 26 heavy (non-hydrogen) atoms. The van der Waals surface area contributed by atoms with Gasteiger partial charge in [-0.3, -0.25) is 19.4 Å².